The number of benzene rings is 1. The van der Waals surface area contributed by atoms with E-state index < -0.39 is 0 Å². The molecule has 1 aliphatic rings. The summed E-state index contributed by atoms with van der Waals surface area (Å²) in [7, 11) is 0. The number of para-hydroxylation sites is 1. The Morgan fingerprint density at radius 2 is 2.32 bits per heavy atom. The fourth-order valence-corrected chi connectivity index (χ4v) is 2.44. The van der Waals surface area contributed by atoms with Gasteiger partial charge in [-0.1, -0.05) is 23.7 Å². The summed E-state index contributed by atoms with van der Waals surface area (Å²) >= 11 is 5.99. The highest BCUT2D eigenvalue weighted by atomic mass is 35.5. The summed E-state index contributed by atoms with van der Waals surface area (Å²) in [4.78, 5) is 14.0. The molecule has 1 saturated heterocycles. The number of anilines is 1. The van der Waals surface area contributed by atoms with Crippen LogP contribution in [0, 0.1) is 17.2 Å². The van der Waals surface area contributed by atoms with Gasteiger partial charge in [-0.2, -0.15) is 5.26 Å². The summed E-state index contributed by atoms with van der Waals surface area (Å²) in [6.07, 6.45) is 1.90. The van der Waals surface area contributed by atoms with Gasteiger partial charge < -0.3 is 5.32 Å². The van der Waals surface area contributed by atoms with Gasteiger partial charge in [0.15, 0.2) is 0 Å². The van der Waals surface area contributed by atoms with Crippen molar-refractivity contribution in [3.8, 4) is 6.07 Å². The standard InChI is InChI=1S/C14H16ClN3O/c15-12-5-1-2-6-13(12)17-14(19)10-18-7-3-4-11(8-16)9-18/h1-2,5-6,11H,3-4,7,9-10H2,(H,17,19). The van der Waals surface area contributed by atoms with E-state index >= 15 is 0 Å². The molecule has 0 spiro atoms. The first-order valence-electron chi connectivity index (χ1n) is 6.35. The molecular formula is C14H16ClN3O. The van der Waals surface area contributed by atoms with Gasteiger partial charge in [0.25, 0.3) is 0 Å². The van der Waals surface area contributed by atoms with Crippen molar-refractivity contribution in [3.63, 3.8) is 0 Å². The number of amides is 1. The van der Waals surface area contributed by atoms with Gasteiger partial charge in [0.2, 0.25) is 5.91 Å². The maximum Gasteiger partial charge on any atom is 0.238 e. The Balaban J connectivity index is 1.88. The largest absolute Gasteiger partial charge is 0.324 e. The molecule has 1 unspecified atom stereocenters. The molecule has 4 nitrogen and oxygen atoms in total. The minimum absolute atomic E-state index is 0.0434. The molecular weight excluding hydrogens is 262 g/mol. The number of hydrogen-bond acceptors (Lipinski definition) is 3. The number of likely N-dealkylation sites (tertiary alicyclic amines) is 1. The third-order valence-corrected chi connectivity index (χ3v) is 3.53. The highest BCUT2D eigenvalue weighted by molar-refractivity contribution is 6.33. The minimum atomic E-state index is -0.0910. The number of nitrogens with zero attached hydrogens (tertiary/aromatic N) is 2. The Morgan fingerprint density at radius 1 is 1.53 bits per heavy atom. The highest BCUT2D eigenvalue weighted by Gasteiger charge is 2.21. The van der Waals surface area contributed by atoms with Crippen molar-refractivity contribution >= 4 is 23.2 Å². The average Bonchev–Trinajstić information content (AvgIpc) is 2.41. The number of nitrogens with one attached hydrogen (secondary N) is 1. The number of hydrogen-bond donors (Lipinski definition) is 1. The van der Waals surface area contributed by atoms with Crippen molar-refractivity contribution in [2.45, 2.75) is 12.8 Å². The van der Waals surface area contributed by atoms with Gasteiger partial charge in [-0.05, 0) is 31.5 Å². The van der Waals surface area contributed by atoms with Crippen LogP contribution >= 0.6 is 11.6 Å². The maximum absolute atomic E-state index is 11.9. The first kappa shape index (κ1) is 13.9. The van der Waals surface area contributed by atoms with E-state index in [0.29, 0.717) is 23.8 Å². The van der Waals surface area contributed by atoms with Crippen molar-refractivity contribution in [3.05, 3.63) is 29.3 Å². The minimum Gasteiger partial charge on any atom is -0.324 e. The van der Waals surface area contributed by atoms with Crippen LogP contribution in [0.2, 0.25) is 5.02 Å². The number of halogens is 1. The zero-order valence-corrected chi connectivity index (χ0v) is 11.4. The second-order valence-electron chi connectivity index (χ2n) is 4.73. The quantitative estimate of drug-likeness (QED) is 0.924. The third-order valence-electron chi connectivity index (χ3n) is 3.20. The molecule has 100 valence electrons. The van der Waals surface area contributed by atoms with Crippen LogP contribution in [-0.4, -0.2) is 30.4 Å². The maximum atomic E-state index is 11.9. The second-order valence-corrected chi connectivity index (χ2v) is 5.14. The normalized spacial score (nSPS) is 19.7. The molecule has 1 aromatic rings. The Kier molecular flexibility index (Phi) is 4.78. The highest BCUT2D eigenvalue weighted by Crippen LogP contribution is 2.20. The number of rotatable bonds is 3. The van der Waals surface area contributed by atoms with E-state index in [1.807, 2.05) is 17.0 Å². The molecule has 1 amide bonds. The van der Waals surface area contributed by atoms with Crippen molar-refractivity contribution in [1.82, 2.24) is 4.90 Å². The molecule has 0 aliphatic carbocycles. The molecule has 1 fully saturated rings. The monoisotopic (exact) mass is 277 g/mol. The van der Waals surface area contributed by atoms with Gasteiger partial charge >= 0.3 is 0 Å². The lowest BCUT2D eigenvalue weighted by Crippen LogP contribution is -2.40. The summed E-state index contributed by atoms with van der Waals surface area (Å²) in [5.41, 5.74) is 0.628. The molecule has 0 saturated carbocycles. The smallest absolute Gasteiger partial charge is 0.238 e. The Bertz CT molecular complexity index is 498. The van der Waals surface area contributed by atoms with Crippen LogP contribution in [0.15, 0.2) is 24.3 Å². The lowest BCUT2D eigenvalue weighted by Gasteiger charge is -2.28. The van der Waals surface area contributed by atoms with E-state index in [0.717, 1.165) is 19.4 Å². The van der Waals surface area contributed by atoms with Crippen LogP contribution in [-0.2, 0) is 4.79 Å². The van der Waals surface area contributed by atoms with Crippen LogP contribution in [0.5, 0.6) is 0 Å². The van der Waals surface area contributed by atoms with E-state index in [1.54, 1.807) is 12.1 Å². The molecule has 1 aromatic carbocycles. The van der Waals surface area contributed by atoms with Crippen LogP contribution in [0.3, 0.4) is 0 Å². The number of carbonyl (C=O) groups is 1. The Morgan fingerprint density at radius 3 is 3.05 bits per heavy atom. The predicted octanol–water partition coefficient (Wildman–Crippen LogP) is 2.51. The third kappa shape index (κ3) is 3.95. The van der Waals surface area contributed by atoms with E-state index in [1.165, 1.54) is 0 Å². The summed E-state index contributed by atoms with van der Waals surface area (Å²) in [5, 5.41) is 12.2. The number of nitriles is 1. The molecule has 19 heavy (non-hydrogen) atoms. The van der Waals surface area contributed by atoms with Crippen molar-refractivity contribution in [2.75, 3.05) is 25.0 Å². The van der Waals surface area contributed by atoms with Crippen molar-refractivity contribution in [2.24, 2.45) is 5.92 Å². The van der Waals surface area contributed by atoms with Gasteiger partial charge in [0.05, 0.1) is 29.2 Å². The van der Waals surface area contributed by atoms with E-state index in [-0.39, 0.29) is 11.8 Å². The van der Waals surface area contributed by atoms with Gasteiger partial charge in [0.1, 0.15) is 0 Å². The lowest BCUT2D eigenvalue weighted by atomic mass is 10.00. The molecule has 0 radical (unpaired) electrons. The lowest BCUT2D eigenvalue weighted by molar-refractivity contribution is -0.117. The zero-order valence-electron chi connectivity index (χ0n) is 10.6. The van der Waals surface area contributed by atoms with Crippen LogP contribution in [0.25, 0.3) is 0 Å². The molecule has 0 aromatic heterocycles. The SMILES string of the molecule is N#CC1CCCN(CC(=O)Nc2ccccc2Cl)C1. The fourth-order valence-electron chi connectivity index (χ4n) is 2.26. The molecule has 1 atom stereocenters. The predicted molar refractivity (Wildman–Crippen MR) is 74.9 cm³/mol. The Hall–Kier alpha value is -1.57. The van der Waals surface area contributed by atoms with Crippen LogP contribution in [0.4, 0.5) is 5.69 Å². The van der Waals surface area contributed by atoms with Gasteiger partial charge in [-0.15, -0.1) is 0 Å². The summed E-state index contributed by atoms with van der Waals surface area (Å²) in [6, 6.07) is 9.43. The van der Waals surface area contributed by atoms with Crippen molar-refractivity contribution < 1.29 is 4.79 Å². The average molecular weight is 278 g/mol. The first-order valence-corrected chi connectivity index (χ1v) is 6.73. The summed E-state index contributed by atoms with van der Waals surface area (Å²) in [5.74, 6) is -0.0476. The second kappa shape index (κ2) is 6.55. The summed E-state index contributed by atoms with van der Waals surface area (Å²) in [6.45, 7) is 1.85. The zero-order chi connectivity index (χ0) is 13.7. The van der Waals surface area contributed by atoms with Gasteiger partial charge in [0, 0.05) is 6.54 Å². The fraction of sp³-hybridized carbons (Fsp3) is 0.429. The summed E-state index contributed by atoms with van der Waals surface area (Å²) < 4.78 is 0. The number of piperidine rings is 1. The topological polar surface area (TPSA) is 56.1 Å². The molecule has 1 N–H and O–H groups in total. The van der Waals surface area contributed by atoms with E-state index in [9.17, 15) is 4.79 Å². The van der Waals surface area contributed by atoms with Gasteiger partial charge in [-0.3, -0.25) is 9.69 Å². The van der Waals surface area contributed by atoms with Gasteiger partial charge in [-0.25, -0.2) is 0 Å². The van der Waals surface area contributed by atoms with Crippen LogP contribution in [0.1, 0.15) is 12.8 Å². The van der Waals surface area contributed by atoms with Crippen molar-refractivity contribution in [1.29, 1.82) is 5.26 Å². The molecule has 0 bridgehead atoms. The molecule has 1 aliphatic heterocycles. The van der Waals surface area contributed by atoms with Crippen LogP contribution < -0.4 is 5.32 Å². The molecule has 1 heterocycles. The first-order chi connectivity index (χ1) is 9.19. The Labute approximate surface area is 118 Å². The molecule has 2 rings (SSSR count). The number of carbonyl (C=O) groups excluding carboxylic acids is 1. The molecule has 5 heteroatoms. The van der Waals surface area contributed by atoms with E-state index in [4.69, 9.17) is 16.9 Å². The van der Waals surface area contributed by atoms with E-state index in [2.05, 4.69) is 11.4 Å².